The lowest BCUT2D eigenvalue weighted by Crippen LogP contribution is -2.36. The molecule has 0 saturated carbocycles. The van der Waals surface area contributed by atoms with Crippen LogP contribution in [0.15, 0.2) is 66.7 Å². The maximum absolute atomic E-state index is 12.8. The second kappa shape index (κ2) is 12.8. The highest BCUT2D eigenvalue weighted by Gasteiger charge is 2.19. The fraction of sp³-hybridized carbons (Fsp3) is 0.269. The highest BCUT2D eigenvalue weighted by Crippen LogP contribution is 2.28. The van der Waals surface area contributed by atoms with Crippen molar-refractivity contribution < 1.29 is 14.3 Å². The van der Waals surface area contributed by atoms with Crippen molar-refractivity contribution >= 4 is 30.1 Å². The molecule has 8 nitrogen and oxygen atoms in total. The van der Waals surface area contributed by atoms with E-state index in [1.165, 1.54) is 0 Å². The van der Waals surface area contributed by atoms with Gasteiger partial charge in [0.15, 0.2) is 6.10 Å². The van der Waals surface area contributed by atoms with Crippen molar-refractivity contribution in [2.24, 2.45) is 5.73 Å². The van der Waals surface area contributed by atoms with Crippen LogP contribution < -0.4 is 26.4 Å². The van der Waals surface area contributed by atoms with Gasteiger partial charge in [0.2, 0.25) is 5.88 Å². The number of pyridine rings is 1. The number of nitrogens with two attached hydrogens (primary N) is 1. The summed E-state index contributed by atoms with van der Waals surface area (Å²) in [5, 5.41) is 8.68. The Balaban J connectivity index is 1.72. The summed E-state index contributed by atoms with van der Waals surface area (Å²) >= 11 is 4.22. The van der Waals surface area contributed by atoms with Crippen LogP contribution in [0.3, 0.4) is 0 Å². The monoisotopic (exact) mass is 493 g/mol. The van der Waals surface area contributed by atoms with E-state index in [2.05, 4.69) is 33.6 Å². The minimum atomic E-state index is -0.810. The number of thiol groups is 1. The van der Waals surface area contributed by atoms with Crippen molar-refractivity contribution in [3.63, 3.8) is 0 Å². The molecular weight excluding hydrogens is 462 g/mol. The van der Waals surface area contributed by atoms with Crippen LogP contribution in [0.2, 0.25) is 0 Å². The minimum absolute atomic E-state index is 0.147. The van der Waals surface area contributed by atoms with E-state index < -0.39 is 6.10 Å². The van der Waals surface area contributed by atoms with Gasteiger partial charge in [-0.3, -0.25) is 9.59 Å². The number of anilines is 1. The first-order valence-electron chi connectivity index (χ1n) is 11.3. The largest absolute Gasteiger partial charge is 0.463 e. The summed E-state index contributed by atoms with van der Waals surface area (Å²) in [7, 11) is 1.58. The fourth-order valence-corrected chi connectivity index (χ4v) is 3.39. The topological polar surface area (TPSA) is 118 Å². The number of carbonyl (C=O) groups is 2. The Kier molecular flexibility index (Phi) is 9.51. The van der Waals surface area contributed by atoms with Crippen LogP contribution in [-0.2, 0) is 11.3 Å². The Hall–Kier alpha value is -3.56. The molecule has 9 heteroatoms. The number of hydrogen-bond donors (Lipinski definition) is 5. The molecule has 1 unspecified atom stereocenters. The molecule has 2 amide bonds. The van der Waals surface area contributed by atoms with Gasteiger partial charge in [-0.25, -0.2) is 4.98 Å². The third-order valence-electron chi connectivity index (χ3n) is 5.26. The summed E-state index contributed by atoms with van der Waals surface area (Å²) < 4.78 is 5.99. The van der Waals surface area contributed by atoms with Crippen molar-refractivity contribution in [3.05, 3.63) is 77.9 Å². The molecule has 0 spiro atoms. The van der Waals surface area contributed by atoms with Gasteiger partial charge < -0.3 is 26.4 Å². The highest BCUT2D eigenvalue weighted by molar-refractivity contribution is 7.80. The van der Waals surface area contributed by atoms with E-state index in [0.29, 0.717) is 29.4 Å². The van der Waals surface area contributed by atoms with Gasteiger partial charge in [0.25, 0.3) is 11.8 Å². The van der Waals surface area contributed by atoms with Crippen LogP contribution in [0.5, 0.6) is 5.88 Å². The number of rotatable bonds is 11. The summed E-state index contributed by atoms with van der Waals surface area (Å²) in [6, 6.07) is 20.4. The molecule has 184 valence electrons. The van der Waals surface area contributed by atoms with Crippen LogP contribution in [0, 0.1) is 0 Å². The number of amides is 2. The van der Waals surface area contributed by atoms with Crippen LogP contribution >= 0.6 is 12.6 Å². The molecule has 35 heavy (non-hydrogen) atoms. The van der Waals surface area contributed by atoms with E-state index in [0.717, 1.165) is 16.8 Å². The molecule has 0 radical (unpaired) electrons. The van der Waals surface area contributed by atoms with Gasteiger partial charge in [0, 0.05) is 43.1 Å². The SMILES string of the molecule is CNC(=O)c1cccc(CNC(=O)[C@@H](C)Oc2nc(-c3ccccc3)ccc2NCC(N)CS)c1. The number of hydrogen-bond acceptors (Lipinski definition) is 7. The molecule has 0 fully saturated rings. The smallest absolute Gasteiger partial charge is 0.261 e. The molecule has 3 rings (SSSR count). The number of nitrogens with zero attached hydrogens (tertiary/aromatic N) is 1. The van der Waals surface area contributed by atoms with Crippen molar-refractivity contribution in [2.75, 3.05) is 24.7 Å². The molecule has 1 aromatic heterocycles. The first-order chi connectivity index (χ1) is 16.9. The van der Waals surface area contributed by atoms with Crippen LogP contribution in [0.4, 0.5) is 5.69 Å². The lowest BCUT2D eigenvalue weighted by molar-refractivity contribution is -0.127. The summed E-state index contributed by atoms with van der Waals surface area (Å²) in [6.45, 7) is 2.40. The first-order valence-corrected chi connectivity index (χ1v) is 12.0. The zero-order valence-corrected chi connectivity index (χ0v) is 20.7. The molecule has 0 saturated heterocycles. The predicted octanol–water partition coefficient (Wildman–Crippen LogP) is 2.86. The third kappa shape index (κ3) is 7.46. The number of benzene rings is 2. The maximum atomic E-state index is 12.8. The van der Waals surface area contributed by atoms with E-state index in [-0.39, 0.29) is 24.4 Å². The van der Waals surface area contributed by atoms with Crippen molar-refractivity contribution in [1.82, 2.24) is 15.6 Å². The maximum Gasteiger partial charge on any atom is 0.261 e. The third-order valence-corrected chi connectivity index (χ3v) is 5.73. The van der Waals surface area contributed by atoms with Crippen LogP contribution in [0.25, 0.3) is 11.3 Å². The Morgan fingerprint density at radius 2 is 1.86 bits per heavy atom. The summed E-state index contributed by atoms with van der Waals surface area (Å²) in [5.41, 5.74) is 9.62. The standard InChI is InChI=1S/C26H31N5O3S/c1-17(24(32)30-14-18-7-6-10-20(13-18)25(33)28-2)34-26-23(29-15-21(27)16-35)12-11-22(31-26)19-8-4-3-5-9-19/h3-13,17,21,29,35H,14-16,27H2,1-2H3,(H,28,33)(H,30,32)/t17-,21?/m1/s1. The van der Waals surface area contributed by atoms with Crippen LogP contribution in [-0.4, -0.2) is 48.3 Å². The van der Waals surface area contributed by atoms with Crippen molar-refractivity contribution in [1.29, 1.82) is 0 Å². The second-order valence-corrected chi connectivity index (χ2v) is 8.36. The molecule has 0 aliphatic heterocycles. The van der Waals surface area contributed by atoms with Crippen molar-refractivity contribution in [2.45, 2.75) is 25.6 Å². The predicted molar refractivity (Wildman–Crippen MR) is 142 cm³/mol. The molecule has 0 aliphatic carbocycles. The molecule has 0 bridgehead atoms. The molecule has 2 aromatic carbocycles. The first kappa shape index (κ1) is 26.1. The summed E-state index contributed by atoms with van der Waals surface area (Å²) in [4.78, 5) is 29.3. The Bertz CT molecular complexity index is 1140. The number of ether oxygens (including phenoxy) is 1. The quantitative estimate of drug-likeness (QED) is 0.262. The average molecular weight is 494 g/mol. The molecule has 1 heterocycles. The van der Waals surface area contributed by atoms with E-state index in [1.807, 2.05) is 48.5 Å². The minimum Gasteiger partial charge on any atom is -0.463 e. The van der Waals surface area contributed by atoms with Gasteiger partial charge >= 0.3 is 0 Å². The van der Waals surface area contributed by atoms with E-state index >= 15 is 0 Å². The zero-order chi connectivity index (χ0) is 25.2. The highest BCUT2D eigenvalue weighted by atomic mass is 32.1. The van der Waals surface area contributed by atoms with Crippen LogP contribution in [0.1, 0.15) is 22.8 Å². The fourth-order valence-electron chi connectivity index (χ4n) is 3.26. The molecule has 2 atom stereocenters. The van der Waals surface area contributed by atoms with Gasteiger partial charge in [-0.1, -0.05) is 42.5 Å². The average Bonchev–Trinajstić information content (AvgIpc) is 2.90. The van der Waals surface area contributed by atoms with Gasteiger partial charge in [0.1, 0.15) is 0 Å². The van der Waals surface area contributed by atoms with Gasteiger partial charge in [-0.15, -0.1) is 0 Å². The van der Waals surface area contributed by atoms with E-state index in [4.69, 9.17) is 10.5 Å². The van der Waals surface area contributed by atoms with Gasteiger partial charge in [-0.2, -0.15) is 12.6 Å². The Morgan fingerprint density at radius 3 is 2.57 bits per heavy atom. The Morgan fingerprint density at radius 1 is 1.09 bits per heavy atom. The lowest BCUT2D eigenvalue weighted by atomic mass is 10.1. The molecule has 0 aliphatic rings. The lowest BCUT2D eigenvalue weighted by Gasteiger charge is -2.19. The summed E-state index contributed by atoms with van der Waals surface area (Å²) in [5.74, 6) is 0.345. The van der Waals surface area contributed by atoms with Gasteiger partial charge in [0.05, 0.1) is 11.4 Å². The Labute approximate surface area is 211 Å². The normalized spacial score (nSPS) is 12.3. The zero-order valence-electron chi connectivity index (χ0n) is 19.8. The van der Waals surface area contributed by atoms with Gasteiger partial charge in [-0.05, 0) is 36.8 Å². The molecule has 3 aromatic rings. The molecular formula is C26H31N5O3S. The number of aromatic nitrogens is 1. The number of nitrogens with one attached hydrogen (secondary N) is 3. The second-order valence-electron chi connectivity index (χ2n) is 8.00. The summed E-state index contributed by atoms with van der Waals surface area (Å²) in [6.07, 6.45) is -0.810. The number of carbonyl (C=O) groups excluding carboxylic acids is 2. The molecule has 5 N–H and O–H groups in total. The van der Waals surface area contributed by atoms with E-state index in [9.17, 15) is 9.59 Å². The van der Waals surface area contributed by atoms with E-state index in [1.54, 1.807) is 32.2 Å². The van der Waals surface area contributed by atoms with Crippen molar-refractivity contribution in [3.8, 4) is 17.1 Å².